The Balaban J connectivity index is 2.18. The van der Waals surface area contributed by atoms with Crippen LogP contribution in [-0.2, 0) is 0 Å². The third-order valence-electron chi connectivity index (χ3n) is 2.55. The minimum atomic E-state index is -0.0858. The van der Waals surface area contributed by atoms with Gasteiger partial charge < -0.3 is 10.4 Å². The van der Waals surface area contributed by atoms with E-state index in [1.807, 2.05) is 19.1 Å². The molecule has 5 heteroatoms. The van der Waals surface area contributed by atoms with Crippen molar-refractivity contribution in [1.82, 2.24) is 4.98 Å². The number of pyridine rings is 1. The lowest BCUT2D eigenvalue weighted by Gasteiger charge is -2.16. The van der Waals surface area contributed by atoms with Crippen molar-refractivity contribution in [2.75, 3.05) is 5.32 Å². The SMILES string of the molecule is C[C@H](Nc1ccc(Br)cn1)c1cc(Cl)ccc1O. The molecule has 0 radical (unpaired) electrons. The molecular formula is C13H12BrClN2O. The Kier molecular flexibility index (Phi) is 4.09. The summed E-state index contributed by atoms with van der Waals surface area (Å²) in [5, 5.41) is 13.6. The van der Waals surface area contributed by atoms with Crippen LogP contribution in [-0.4, -0.2) is 10.1 Å². The van der Waals surface area contributed by atoms with Gasteiger partial charge in [-0.25, -0.2) is 4.98 Å². The van der Waals surface area contributed by atoms with Crippen molar-refractivity contribution in [1.29, 1.82) is 0 Å². The summed E-state index contributed by atoms with van der Waals surface area (Å²) in [5.74, 6) is 0.960. The Labute approximate surface area is 119 Å². The third kappa shape index (κ3) is 3.15. The Morgan fingerprint density at radius 1 is 1.33 bits per heavy atom. The molecule has 1 heterocycles. The van der Waals surface area contributed by atoms with Gasteiger partial charge in [-0.15, -0.1) is 0 Å². The standard InChI is InChI=1S/C13H12BrClN2O/c1-8(11-6-10(15)3-4-12(11)18)17-13-5-2-9(14)7-16-13/h2-8,18H,1H3,(H,16,17)/t8-/m0/s1. The fraction of sp³-hybridized carbons (Fsp3) is 0.154. The maximum Gasteiger partial charge on any atom is 0.126 e. The molecule has 0 amide bonds. The Bertz CT molecular complexity index is 545. The van der Waals surface area contributed by atoms with Crippen molar-refractivity contribution >= 4 is 33.3 Å². The molecule has 0 saturated carbocycles. The number of anilines is 1. The average molecular weight is 328 g/mol. The summed E-state index contributed by atoms with van der Waals surface area (Å²) in [6.07, 6.45) is 1.72. The largest absolute Gasteiger partial charge is 0.508 e. The van der Waals surface area contributed by atoms with Crippen LogP contribution in [0.5, 0.6) is 5.75 Å². The highest BCUT2D eigenvalue weighted by Gasteiger charge is 2.11. The van der Waals surface area contributed by atoms with E-state index >= 15 is 0 Å². The molecule has 0 bridgehead atoms. The zero-order chi connectivity index (χ0) is 13.1. The van der Waals surface area contributed by atoms with Crippen LogP contribution in [0.4, 0.5) is 5.82 Å². The number of benzene rings is 1. The van der Waals surface area contributed by atoms with Gasteiger partial charge in [-0.2, -0.15) is 0 Å². The predicted molar refractivity (Wildman–Crippen MR) is 77.1 cm³/mol. The van der Waals surface area contributed by atoms with Crippen LogP contribution in [0.1, 0.15) is 18.5 Å². The van der Waals surface area contributed by atoms with Gasteiger partial charge in [-0.05, 0) is 53.2 Å². The van der Waals surface area contributed by atoms with E-state index in [1.165, 1.54) is 0 Å². The number of phenolic OH excluding ortho intramolecular Hbond substituents is 1. The predicted octanol–water partition coefficient (Wildman–Crippen LogP) is 4.38. The van der Waals surface area contributed by atoms with E-state index in [1.54, 1.807) is 24.4 Å². The number of phenols is 1. The van der Waals surface area contributed by atoms with E-state index in [0.717, 1.165) is 15.9 Å². The van der Waals surface area contributed by atoms with Crippen LogP contribution in [0.2, 0.25) is 5.02 Å². The highest BCUT2D eigenvalue weighted by Crippen LogP contribution is 2.29. The minimum Gasteiger partial charge on any atom is -0.508 e. The van der Waals surface area contributed by atoms with Crippen molar-refractivity contribution in [3.63, 3.8) is 0 Å². The van der Waals surface area contributed by atoms with Crippen molar-refractivity contribution in [2.45, 2.75) is 13.0 Å². The third-order valence-corrected chi connectivity index (χ3v) is 3.25. The van der Waals surface area contributed by atoms with E-state index in [9.17, 15) is 5.11 Å². The first-order valence-corrected chi connectivity index (χ1v) is 6.60. The topological polar surface area (TPSA) is 45.2 Å². The lowest BCUT2D eigenvalue weighted by Crippen LogP contribution is -2.08. The molecule has 0 aliphatic carbocycles. The summed E-state index contributed by atoms with van der Waals surface area (Å²) in [6, 6.07) is 8.67. The van der Waals surface area contributed by atoms with Crippen molar-refractivity contribution < 1.29 is 5.11 Å². The van der Waals surface area contributed by atoms with Gasteiger partial charge in [0, 0.05) is 21.3 Å². The number of halogens is 2. The number of hydrogen-bond acceptors (Lipinski definition) is 3. The van der Waals surface area contributed by atoms with Crippen LogP contribution in [0.25, 0.3) is 0 Å². The van der Waals surface area contributed by atoms with E-state index in [-0.39, 0.29) is 11.8 Å². The molecule has 0 spiro atoms. The fourth-order valence-electron chi connectivity index (χ4n) is 1.63. The summed E-state index contributed by atoms with van der Waals surface area (Å²) >= 11 is 9.25. The Hall–Kier alpha value is -1.26. The fourth-order valence-corrected chi connectivity index (χ4v) is 2.05. The number of rotatable bonds is 3. The number of aromatic hydroxyl groups is 1. The maximum atomic E-state index is 9.80. The van der Waals surface area contributed by atoms with E-state index in [0.29, 0.717) is 5.02 Å². The molecule has 1 atom stereocenters. The van der Waals surface area contributed by atoms with Gasteiger partial charge in [0.25, 0.3) is 0 Å². The highest BCUT2D eigenvalue weighted by atomic mass is 79.9. The summed E-state index contributed by atoms with van der Waals surface area (Å²) in [6.45, 7) is 1.94. The molecule has 94 valence electrons. The first-order valence-electron chi connectivity index (χ1n) is 5.43. The van der Waals surface area contributed by atoms with E-state index in [4.69, 9.17) is 11.6 Å². The number of hydrogen-bond donors (Lipinski definition) is 2. The second kappa shape index (κ2) is 5.59. The molecule has 3 nitrogen and oxygen atoms in total. The second-order valence-electron chi connectivity index (χ2n) is 3.93. The van der Waals surface area contributed by atoms with Gasteiger partial charge in [-0.3, -0.25) is 0 Å². The molecule has 18 heavy (non-hydrogen) atoms. The monoisotopic (exact) mass is 326 g/mol. The number of aromatic nitrogens is 1. The van der Waals surface area contributed by atoms with Crippen LogP contribution < -0.4 is 5.32 Å². The lowest BCUT2D eigenvalue weighted by atomic mass is 10.1. The number of nitrogens with one attached hydrogen (secondary N) is 1. The first kappa shape index (κ1) is 13.2. The van der Waals surface area contributed by atoms with Crippen molar-refractivity contribution in [3.8, 4) is 5.75 Å². The summed E-state index contributed by atoms with van der Waals surface area (Å²) in [4.78, 5) is 4.22. The van der Waals surface area contributed by atoms with Gasteiger partial charge >= 0.3 is 0 Å². The quantitative estimate of drug-likeness (QED) is 0.879. The molecule has 0 aliphatic heterocycles. The molecule has 2 N–H and O–H groups in total. The van der Waals surface area contributed by atoms with Gasteiger partial charge in [0.2, 0.25) is 0 Å². The summed E-state index contributed by atoms with van der Waals surface area (Å²) in [5.41, 5.74) is 0.743. The molecule has 0 fully saturated rings. The molecule has 2 aromatic rings. The van der Waals surface area contributed by atoms with Crippen LogP contribution in [0.15, 0.2) is 41.0 Å². The van der Waals surface area contributed by atoms with Gasteiger partial charge in [0.05, 0.1) is 6.04 Å². The highest BCUT2D eigenvalue weighted by molar-refractivity contribution is 9.10. The zero-order valence-electron chi connectivity index (χ0n) is 9.69. The molecule has 2 rings (SSSR count). The smallest absolute Gasteiger partial charge is 0.126 e. The second-order valence-corrected chi connectivity index (χ2v) is 5.28. The van der Waals surface area contributed by atoms with E-state index in [2.05, 4.69) is 26.2 Å². The Morgan fingerprint density at radius 3 is 2.78 bits per heavy atom. The summed E-state index contributed by atoms with van der Waals surface area (Å²) in [7, 11) is 0. The van der Waals surface area contributed by atoms with Gasteiger partial charge in [0.15, 0.2) is 0 Å². The molecule has 1 aromatic carbocycles. The zero-order valence-corrected chi connectivity index (χ0v) is 12.0. The van der Waals surface area contributed by atoms with Crippen LogP contribution in [0.3, 0.4) is 0 Å². The normalized spacial score (nSPS) is 12.2. The molecule has 0 unspecified atom stereocenters. The van der Waals surface area contributed by atoms with Gasteiger partial charge in [-0.1, -0.05) is 11.6 Å². The van der Waals surface area contributed by atoms with Crippen LogP contribution in [0, 0.1) is 0 Å². The molecule has 1 aromatic heterocycles. The molecule has 0 saturated heterocycles. The maximum absolute atomic E-state index is 9.80. The number of nitrogens with zero attached hydrogens (tertiary/aromatic N) is 1. The Morgan fingerprint density at radius 2 is 2.11 bits per heavy atom. The van der Waals surface area contributed by atoms with Crippen LogP contribution >= 0.6 is 27.5 Å². The van der Waals surface area contributed by atoms with E-state index < -0.39 is 0 Å². The minimum absolute atomic E-state index is 0.0858. The van der Waals surface area contributed by atoms with Crippen molar-refractivity contribution in [2.24, 2.45) is 0 Å². The van der Waals surface area contributed by atoms with Crippen molar-refractivity contribution in [3.05, 3.63) is 51.6 Å². The first-order chi connectivity index (χ1) is 8.56. The lowest BCUT2D eigenvalue weighted by molar-refractivity contribution is 0.465. The average Bonchev–Trinajstić information content (AvgIpc) is 2.35. The molecular weight excluding hydrogens is 316 g/mol. The molecule has 0 aliphatic rings. The van der Waals surface area contributed by atoms with Gasteiger partial charge in [0.1, 0.15) is 11.6 Å². The summed E-state index contributed by atoms with van der Waals surface area (Å²) < 4.78 is 0.923.